The second-order valence-corrected chi connectivity index (χ2v) is 4.65. The number of nitrogens with zero attached hydrogens (tertiary/aromatic N) is 2. The van der Waals surface area contributed by atoms with Crippen molar-refractivity contribution in [3.8, 4) is 0 Å². The van der Waals surface area contributed by atoms with Gasteiger partial charge in [0.15, 0.2) is 0 Å². The highest BCUT2D eigenvalue weighted by Gasteiger charge is 2.12. The van der Waals surface area contributed by atoms with Crippen LogP contribution in [0.1, 0.15) is 20.8 Å². The van der Waals surface area contributed by atoms with Crippen molar-refractivity contribution in [3.63, 3.8) is 0 Å². The Morgan fingerprint density at radius 2 is 2.22 bits per heavy atom. The molecule has 0 fully saturated rings. The molecule has 0 saturated carbocycles. The number of carbonyl (C=O) groups excluding carboxylic acids is 1. The summed E-state index contributed by atoms with van der Waals surface area (Å²) in [6.07, 6.45) is 0. The van der Waals surface area contributed by atoms with Crippen LogP contribution in [0, 0.1) is 5.92 Å². The summed E-state index contributed by atoms with van der Waals surface area (Å²) in [5, 5.41) is 3.16. The molecule has 0 aromatic carbocycles. The Bertz CT molecular complexity index is 392. The minimum absolute atomic E-state index is 0.195. The lowest BCUT2D eigenvalue weighted by atomic mass is 10.2. The zero-order chi connectivity index (χ0) is 13.5. The maximum absolute atomic E-state index is 11.1. The van der Waals surface area contributed by atoms with E-state index in [0.717, 1.165) is 24.7 Å². The Balaban J connectivity index is 2.88. The maximum Gasteiger partial charge on any atom is 0.236 e. The molecule has 0 bridgehead atoms. The summed E-state index contributed by atoms with van der Waals surface area (Å²) in [7, 11) is 0. The molecule has 0 atom stereocenters. The number of aromatic nitrogens is 1. The SMILES string of the molecule is CCNc1cccc(N(CC(N)=O)CC(C)C)n1. The van der Waals surface area contributed by atoms with Gasteiger partial charge in [0.25, 0.3) is 0 Å². The number of anilines is 2. The van der Waals surface area contributed by atoms with E-state index in [4.69, 9.17) is 5.73 Å². The Morgan fingerprint density at radius 1 is 1.50 bits per heavy atom. The van der Waals surface area contributed by atoms with Crippen LogP contribution in [0.3, 0.4) is 0 Å². The summed E-state index contributed by atoms with van der Waals surface area (Å²) < 4.78 is 0. The van der Waals surface area contributed by atoms with E-state index in [2.05, 4.69) is 24.1 Å². The number of pyridine rings is 1. The van der Waals surface area contributed by atoms with Crippen LogP contribution in [-0.4, -0.2) is 30.5 Å². The molecule has 1 amide bonds. The number of hydrogen-bond acceptors (Lipinski definition) is 4. The summed E-state index contributed by atoms with van der Waals surface area (Å²) in [5.74, 6) is 1.69. The van der Waals surface area contributed by atoms with E-state index in [1.165, 1.54) is 0 Å². The van der Waals surface area contributed by atoms with Crippen LogP contribution in [0.25, 0.3) is 0 Å². The van der Waals surface area contributed by atoms with Crippen LogP contribution in [-0.2, 0) is 4.79 Å². The first-order valence-electron chi connectivity index (χ1n) is 6.27. The molecule has 0 spiro atoms. The molecule has 5 heteroatoms. The number of carbonyl (C=O) groups is 1. The molecule has 0 unspecified atom stereocenters. The van der Waals surface area contributed by atoms with Crippen molar-refractivity contribution in [1.82, 2.24) is 4.98 Å². The minimum Gasteiger partial charge on any atom is -0.370 e. The van der Waals surface area contributed by atoms with Crippen molar-refractivity contribution in [1.29, 1.82) is 0 Å². The Hall–Kier alpha value is -1.78. The van der Waals surface area contributed by atoms with Crippen LogP contribution in [0.5, 0.6) is 0 Å². The summed E-state index contributed by atoms with van der Waals surface area (Å²) in [6, 6.07) is 5.73. The van der Waals surface area contributed by atoms with Crippen LogP contribution in [0.2, 0.25) is 0 Å². The fraction of sp³-hybridized carbons (Fsp3) is 0.538. The van der Waals surface area contributed by atoms with E-state index >= 15 is 0 Å². The van der Waals surface area contributed by atoms with Gasteiger partial charge in [-0.15, -0.1) is 0 Å². The molecular weight excluding hydrogens is 228 g/mol. The van der Waals surface area contributed by atoms with E-state index in [1.807, 2.05) is 30.0 Å². The number of nitrogens with one attached hydrogen (secondary N) is 1. The highest BCUT2D eigenvalue weighted by molar-refractivity contribution is 5.79. The first-order chi connectivity index (χ1) is 8.52. The summed E-state index contributed by atoms with van der Waals surface area (Å²) in [4.78, 5) is 17.5. The summed E-state index contributed by atoms with van der Waals surface area (Å²) in [5.41, 5.74) is 5.28. The van der Waals surface area contributed by atoms with Gasteiger partial charge >= 0.3 is 0 Å². The quantitative estimate of drug-likeness (QED) is 0.768. The number of primary amides is 1. The van der Waals surface area contributed by atoms with Gasteiger partial charge in [-0.2, -0.15) is 0 Å². The molecule has 0 saturated heterocycles. The molecule has 0 aliphatic carbocycles. The third kappa shape index (κ3) is 4.61. The van der Waals surface area contributed by atoms with Crippen molar-refractivity contribution in [2.24, 2.45) is 11.7 Å². The van der Waals surface area contributed by atoms with Crippen LogP contribution >= 0.6 is 0 Å². The molecule has 5 nitrogen and oxygen atoms in total. The van der Waals surface area contributed by atoms with E-state index < -0.39 is 0 Å². The number of rotatable bonds is 7. The minimum atomic E-state index is -0.341. The van der Waals surface area contributed by atoms with Crippen molar-refractivity contribution in [2.45, 2.75) is 20.8 Å². The smallest absolute Gasteiger partial charge is 0.236 e. The highest BCUT2D eigenvalue weighted by atomic mass is 16.1. The first kappa shape index (κ1) is 14.3. The molecular formula is C13H22N4O. The number of nitrogens with two attached hydrogens (primary N) is 1. The summed E-state index contributed by atoms with van der Waals surface area (Å²) in [6.45, 7) is 7.98. The van der Waals surface area contributed by atoms with Gasteiger partial charge in [0.05, 0.1) is 6.54 Å². The maximum atomic E-state index is 11.1. The van der Waals surface area contributed by atoms with Crippen LogP contribution < -0.4 is 16.0 Å². The van der Waals surface area contributed by atoms with E-state index in [9.17, 15) is 4.79 Å². The van der Waals surface area contributed by atoms with Crippen molar-refractivity contribution < 1.29 is 4.79 Å². The van der Waals surface area contributed by atoms with Gasteiger partial charge in [-0.1, -0.05) is 19.9 Å². The van der Waals surface area contributed by atoms with Crippen molar-refractivity contribution in [2.75, 3.05) is 29.9 Å². The zero-order valence-corrected chi connectivity index (χ0v) is 11.3. The molecule has 100 valence electrons. The van der Waals surface area contributed by atoms with Crippen molar-refractivity contribution in [3.05, 3.63) is 18.2 Å². The van der Waals surface area contributed by atoms with Crippen molar-refractivity contribution >= 4 is 17.5 Å². The third-order valence-electron chi connectivity index (χ3n) is 2.35. The summed E-state index contributed by atoms with van der Waals surface area (Å²) >= 11 is 0. The van der Waals surface area contributed by atoms with Crippen LogP contribution in [0.4, 0.5) is 11.6 Å². The predicted molar refractivity (Wildman–Crippen MR) is 74.6 cm³/mol. The molecule has 18 heavy (non-hydrogen) atoms. The van der Waals surface area contributed by atoms with Gasteiger partial charge in [0.1, 0.15) is 11.6 Å². The number of hydrogen-bond donors (Lipinski definition) is 2. The fourth-order valence-corrected chi connectivity index (χ4v) is 1.75. The second-order valence-electron chi connectivity index (χ2n) is 4.65. The topological polar surface area (TPSA) is 71.2 Å². The van der Waals surface area contributed by atoms with Gasteiger partial charge in [-0.05, 0) is 25.0 Å². The third-order valence-corrected chi connectivity index (χ3v) is 2.35. The molecule has 3 N–H and O–H groups in total. The monoisotopic (exact) mass is 250 g/mol. The van der Waals surface area contributed by atoms with Gasteiger partial charge in [-0.25, -0.2) is 4.98 Å². The first-order valence-corrected chi connectivity index (χ1v) is 6.27. The van der Waals surface area contributed by atoms with Gasteiger partial charge < -0.3 is 16.0 Å². The molecule has 0 radical (unpaired) electrons. The normalized spacial score (nSPS) is 10.4. The average molecular weight is 250 g/mol. The largest absolute Gasteiger partial charge is 0.370 e. The molecule has 0 aliphatic heterocycles. The Kier molecular flexibility index (Phi) is 5.42. The Labute approximate surface area is 108 Å². The fourth-order valence-electron chi connectivity index (χ4n) is 1.75. The number of amides is 1. The van der Waals surface area contributed by atoms with E-state index in [1.54, 1.807) is 0 Å². The van der Waals surface area contributed by atoms with Crippen LogP contribution in [0.15, 0.2) is 18.2 Å². The molecule has 0 aliphatic rings. The average Bonchev–Trinajstić information content (AvgIpc) is 2.28. The van der Waals surface area contributed by atoms with E-state index in [0.29, 0.717) is 5.92 Å². The standard InChI is InChI=1S/C13H22N4O/c1-4-15-12-6-5-7-13(16-12)17(8-10(2)3)9-11(14)18/h5-7,10H,4,8-9H2,1-3H3,(H2,14,18)(H,15,16). The molecule has 1 aromatic rings. The Morgan fingerprint density at radius 3 is 2.78 bits per heavy atom. The zero-order valence-electron chi connectivity index (χ0n) is 11.3. The predicted octanol–water partition coefficient (Wildman–Crippen LogP) is 1.46. The molecule has 1 heterocycles. The second kappa shape index (κ2) is 6.83. The molecule has 1 rings (SSSR count). The highest BCUT2D eigenvalue weighted by Crippen LogP contribution is 2.15. The van der Waals surface area contributed by atoms with Gasteiger partial charge in [0.2, 0.25) is 5.91 Å². The lowest BCUT2D eigenvalue weighted by molar-refractivity contribution is -0.116. The molecule has 1 aromatic heterocycles. The van der Waals surface area contributed by atoms with Gasteiger partial charge in [-0.3, -0.25) is 4.79 Å². The van der Waals surface area contributed by atoms with Gasteiger partial charge in [0, 0.05) is 13.1 Å². The lowest BCUT2D eigenvalue weighted by Crippen LogP contribution is -2.36. The van der Waals surface area contributed by atoms with E-state index in [-0.39, 0.29) is 12.5 Å². The lowest BCUT2D eigenvalue weighted by Gasteiger charge is -2.24.